The van der Waals surface area contributed by atoms with E-state index in [9.17, 15) is 5.11 Å². The van der Waals surface area contributed by atoms with E-state index in [1.54, 1.807) is 13.3 Å². The second-order valence-electron chi connectivity index (χ2n) is 11.0. The van der Waals surface area contributed by atoms with E-state index in [2.05, 4.69) is 74.1 Å². The fraction of sp³-hybridized carbons (Fsp3) is 0.375. The highest BCUT2D eigenvalue weighted by Gasteiger charge is 2.26. The number of likely N-dealkylation sites (N-methyl/N-ethyl adjacent to an activating group) is 1. The van der Waals surface area contributed by atoms with Crippen molar-refractivity contribution in [2.45, 2.75) is 38.0 Å². The number of benzene rings is 2. The minimum atomic E-state index is -0.898. The van der Waals surface area contributed by atoms with Gasteiger partial charge in [0.1, 0.15) is 12.0 Å². The smallest absolute Gasteiger partial charge is 0.227 e. The van der Waals surface area contributed by atoms with Gasteiger partial charge in [-0.25, -0.2) is 9.97 Å². The van der Waals surface area contributed by atoms with Gasteiger partial charge in [-0.05, 0) is 63.0 Å². The fourth-order valence-corrected chi connectivity index (χ4v) is 5.66. The van der Waals surface area contributed by atoms with Gasteiger partial charge < -0.3 is 34.8 Å². The van der Waals surface area contributed by atoms with Crippen LogP contribution in [0.1, 0.15) is 31.7 Å². The summed E-state index contributed by atoms with van der Waals surface area (Å²) < 4.78 is 8.19. The second-order valence-corrected chi connectivity index (χ2v) is 11.0. The van der Waals surface area contributed by atoms with E-state index >= 15 is 0 Å². The van der Waals surface area contributed by atoms with E-state index < -0.39 is 6.23 Å². The Bertz CT molecular complexity index is 1520. The predicted octanol–water partition coefficient (Wildman–Crippen LogP) is 5.63. The number of methoxy groups -OCH3 is 1. The molecule has 1 saturated carbocycles. The van der Waals surface area contributed by atoms with E-state index in [-0.39, 0.29) is 0 Å². The van der Waals surface area contributed by atoms with Crippen LogP contribution in [-0.2, 0) is 0 Å². The molecule has 214 valence electrons. The number of hydrogen-bond acceptors (Lipinski definition) is 8. The molecular formula is C32H39N7O2. The number of fused-ring (bicyclic) bond motifs is 1. The molecule has 1 unspecified atom stereocenters. The summed E-state index contributed by atoms with van der Waals surface area (Å²) in [4.78, 5) is 14.1. The number of para-hydroxylation sites is 1. The number of aliphatic hydroxyl groups is 1. The number of nitrogens with zero attached hydrogens (tertiary/aromatic N) is 5. The molecule has 1 aliphatic carbocycles. The minimum absolute atomic E-state index is 0.467. The Labute approximate surface area is 241 Å². The van der Waals surface area contributed by atoms with Gasteiger partial charge in [0.15, 0.2) is 0 Å². The van der Waals surface area contributed by atoms with Crippen LogP contribution in [0.3, 0.4) is 0 Å². The summed E-state index contributed by atoms with van der Waals surface area (Å²) in [5, 5.41) is 18.1. The van der Waals surface area contributed by atoms with Gasteiger partial charge in [-0.2, -0.15) is 0 Å². The summed E-state index contributed by atoms with van der Waals surface area (Å²) in [6.07, 6.45) is 9.54. The molecule has 3 N–H and O–H groups in total. The third-order valence-electron chi connectivity index (χ3n) is 8.06. The van der Waals surface area contributed by atoms with Crippen LogP contribution in [0.4, 0.5) is 23.0 Å². The van der Waals surface area contributed by atoms with Crippen molar-refractivity contribution in [2.75, 3.05) is 55.9 Å². The first-order valence-corrected chi connectivity index (χ1v) is 14.5. The molecule has 2 aromatic heterocycles. The first kappa shape index (κ1) is 27.1. The average Bonchev–Trinajstić information content (AvgIpc) is 3.55. The molecule has 9 heteroatoms. The van der Waals surface area contributed by atoms with Crippen LogP contribution in [-0.4, -0.2) is 71.1 Å². The molecule has 2 aromatic carbocycles. The Kier molecular flexibility index (Phi) is 7.80. The largest absolute Gasteiger partial charge is 0.494 e. The molecule has 2 fully saturated rings. The average molecular weight is 554 g/mol. The van der Waals surface area contributed by atoms with Crippen molar-refractivity contribution in [3.63, 3.8) is 0 Å². The number of ether oxygens (including phenoxy) is 1. The van der Waals surface area contributed by atoms with Gasteiger partial charge in [-0.3, -0.25) is 0 Å². The minimum Gasteiger partial charge on any atom is -0.494 e. The lowest BCUT2D eigenvalue weighted by Crippen LogP contribution is -2.32. The quantitative estimate of drug-likeness (QED) is 0.154. The predicted molar refractivity (Wildman–Crippen MR) is 166 cm³/mol. The summed E-state index contributed by atoms with van der Waals surface area (Å²) >= 11 is 0. The summed E-state index contributed by atoms with van der Waals surface area (Å²) in [5.41, 5.74) is 5.57. The Morgan fingerprint density at radius 2 is 1.98 bits per heavy atom. The molecule has 6 rings (SSSR count). The standard InChI is InChI=1S/C32H39N7O2/c1-4-31(40)34-26-19-27(30(41-3)20-29(26)37(2)17-18-38-15-7-8-16-38)36-32-33-14-13-25(35-32)24-21-39(22-11-12-22)28-10-6-5-9-23(24)28/h4-6,9-10,13-14,19-22,31,34,40H,1,7-8,11-12,15-18H2,2-3H3,(H,33,35,36). The van der Waals surface area contributed by atoms with Gasteiger partial charge in [0.25, 0.3) is 0 Å². The molecule has 0 amide bonds. The number of anilines is 4. The summed E-state index contributed by atoms with van der Waals surface area (Å²) in [7, 11) is 3.72. The molecule has 0 radical (unpaired) electrons. The molecular weight excluding hydrogens is 514 g/mol. The maximum absolute atomic E-state index is 10.4. The van der Waals surface area contributed by atoms with Crippen molar-refractivity contribution in [3.8, 4) is 17.0 Å². The van der Waals surface area contributed by atoms with E-state index in [1.165, 1.54) is 42.7 Å². The van der Waals surface area contributed by atoms with Crippen molar-refractivity contribution < 1.29 is 9.84 Å². The summed E-state index contributed by atoms with van der Waals surface area (Å²) in [5.74, 6) is 1.13. The molecule has 1 atom stereocenters. The number of aromatic nitrogens is 3. The summed E-state index contributed by atoms with van der Waals surface area (Å²) in [6.45, 7) is 7.87. The normalized spacial score (nSPS) is 16.1. The van der Waals surface area contributed by atoms with E-state index in [0.717, 1.165) is 48.8 Å². The zero-order valence-corrected chi connectivity index (χ0v) is 23.9. The molecule has 1 aliphatic heterocycles. The highest BCUT2D eigenvalue weighted by atomic mass is 16.5. The van der Waals surface area contributed by atoms with Crippen LogP contribution in [0.15, 0.2) is 67.5 Å². The molecule has 9 nitrogen and oxygen atoms in total. The highest BCUT2D eigenvalue weighted by Crippen LogP contribution is 2.42. The van der Waals surface area contributed by atoms with Crippen molar-refractivity contribution in [3.05, 3.63) is 67.5 Å². The van der Waals surface area contributed by atoms with Crippen molar-refractivity contribution in [1.29, 1.82) is 0 Å². The Morgan fingerprint density at radius 3 is 2.73 bits per heavy atom. The lowest BCUT2D eigenvalue weighted by Gasteiger charge is -2.27. The zero-order chi connectivity index (χ0) is 28.3. The lowest BCUT2D eigenvalue weighted by molar-refractivity contribution is 0.253. The lowest BCUT2D eigenvalue weighted by atomic mass is 10.1. The fourth-order valence-electron chi connectivity index (χ4n) is 5.66. The number of hydrogen-bond donors (Lipinski definition) is 3. The van der Waals surface area contributed by atoms with Gasteiger partial charge in [0.05, 0.1) is 29.9 Å². The molecule has 1 saturated heterocycles. The Morgan fingerprint density at radius 1 is 1.17 bits per heavy atom. The van der Waals surface area contributed by atoms with Gasteiger partial charge in [0, 0.05) is 61.1 Å². The van der Waals surface area contributed by atoms with Gasteiger partial charge in [-0.15, -0.1) is 0 Å². The molecule has 0 spiro atoms. The maximum atomic E-state index is 10.4. The van der Waals surface area contributed by atoms with Crippen molar-refractivity contribution in [2.24, 2.45) is 0 Å². The van der Waals surface area contributed by atoms with E-state index in [1.807, 2.05) is 18.2 Å². The maximum Gasteiger partial charge on any atom is 0.227 e. The monoisotopic (exact) mass is 553 g/mol. The zero-order valence-electron chi connectivity index (χ0n) is 23.9. The van der Waals surface area contributed by atoms with Crippen molar-refractivity contribution in [1.82, 2.24) is 19.4 Å². The first-order valence-electron chi connectivity index (χ1n) is 14.5. The molecule has 3 heterocycles. The van der Waals surface area contributed by atoms with Crippen LogP contribution >= 0.6 is 0 Å². The molecule has 41 heavy (non-hydrogen) atoms. The van der Waals surface area contributed by atoms with Gasteiger partial charge >= 0.3 is 0 Å². The van der Waals surface area contributed by atoms with Crippen molar-refractivity contribution >= 4 is 33.9 Å². The molecule has 4 aromatic rings. The topological polar surface area (TPSA) is 90.7 Å². The van der Waals surface area contributed by atoms with Gasteiger partial charge in [-0.1, -0.05) is 24.8 Å². The van der Waals surface area contributed by atoms with E-state index in [4.69, 9.17) is 9.72 Å². The first-order chi connectivity index (χ1) is 20.0. The molecule has 2 aliphatic rings. The van der Waals surface area contributed by atoms with Crippen LogP contribution in [0.25, 0.3) is 22.2 Å². The number of likely N-dealkylation sites (tertiary alicyclic amines) is 1. The second kappa shape index (κ2) is 11.8. The number of aliphatic hydroxyl groups excluding tert-OH is 1. The Hall–Kier alpha value is -4.08. The summed E-state index contributed by atoms with van der Waals surface area (Å²) in [6, 6.07) is 14.9. The van der Waals surface area contributed by atoms with Crippen LogP contribution < -0.4 is 20.3 Å². The van der Waals surface area contributed by atoms with Crippen LogP contribution in [0.5, 0.6) is 5.75 Å². The SMILES string of the molecule is C=CC(O)Nc1cc(Nc2nccc(-c3cn(C4CC4)c4ccccc34)n2)c(OC)cc1N(C)CCN1CCCC1. The third kappa shape index (κ3) is 5.87. The number of nitrogens with one attached hydrogen (secondary N) is 2. The highest BCUT2D eigenvalue weighted by molar-refractivity contribution is 5.95. The molecule has 0 bridgehead atoms. The van der Waals surface area contributed by atoms with Gasteiger partial charge in [0.2, 0.25) is 5.95 Å². The Balaban J connectivity index is 1.30. The van der Waals surface area contributed by atoms with E-state index in [0.29, 0.717) is 23.4 Å². The van der Waals surface area contributed by atoms with Crippen LogP contribution in [0, 0.1) is 0 Å². The third-order valence-corrected chi connectivity index (χ3v) is 8.06. The number of rotatable bonds is 12. The van der Waals surface area contributed by atoms with Crippen LogP contribution in [0.2, 0.25) is 0 Å².